The van der Waals surface area contributed by atoms with Gasteiger partial charge >= 0.3 is 0 Å². The van der Waals surface area contributed by atoms with E-state index >= 15 is 4.39 Å². The van der Waals surface area contributed by atoms with E-state index < -0.39 is 21.1 Å². The van der Waals surface area contributed by atoms with Gasteiger partial charge in [0, 0.05) is 26.3 Å². The molecule has 1 aromatic heterocycles. The SMILES string of the molecule is COc1ccc(S(=O)(=O)c2cn(C)c3cc(N4CCCC(C)C4)c(F)cc3c2=O)cc1. The van der Waals surface area contributed by atoms with E-state index in [1.54, 1.807) is 17.7 Å². The van der Waals surface area contributed by atoms with Gasteiger partial charge in [0.15, 0.2) is 0 Å². The summed E-state index contributed by atoms with van der Waals surface area (Å²) in [5.74, 6) is 0.453. The van der Waals surface area contributed by atoms with Crippen LogP contribution in [0, 0.1) is 11.7 Å². The quantitative estimate of drug-likeness (QED) is 0.613. The van der Waals surface area contributed by atoms with E-state index in [4.69, 9.17) is 4.74 Å². The molecule has 0 amide bonds. The monoisotopic (exact) mass is 444 g/mol. The van der Waals surface area contributed by atoms with Gasteiger partial charge in [-0.2, -0.15) is 0 Å². The smallest absolute Gasteiger partial charge is 0.211 e. The number of hydrogen-bond acceptors (Lipinski definition) is 5. The number of piperidine rings is 1. The van der Waals surface area contributed by atoms with Gasteiger partial charge in [-0.3, -0.25) is 4.79 Å². The number of methoxy groups -OCH3 is 1. The highest BCUT2D eigenvalue weighted by Gasteiger charge is 2.25. The summed E-state index contributed by atoms with van der Waals surface area (Å²) >= 11 is 0. The third-order valence-electron chi connectivity index (χ3n) is 5.88. The van der Waals surface area contributed by atoms with E-state index in [1.807, 2.05) is 4.90 Å². The molecule has 6 nitrogen and oxygen atoms in total. The molecule has 0 bridgehead atoms. The minimum absolute atomic E-state index is 0.0239. The van der Waals surface area contributed by atoms with Crippen molar-refractivity contribution >= 4 is 26.4 Å². The highest BCUT2D eigenvalue weighted by Crippen LogP contribution is 2.30. The summed E-state index contributed by atoms with van der Waals surface area (Å²) in [6, 6.07) is 8.62. The van der Waals surface area contributed by atoms with E-state index in [9.17, 15) is 13.2 Å². The minimum atomic E-state index is -4.08. The lowest BCUT2D eigenvalue weighted by atomic mass is 9.99. The van der Waals surface area contributed by atoms with Crippen LogP contribution in [0.4, 0.5) is 10.1 Å². The van der Waals surface area contributed by atoms with Crippen LogP contribution in [0.2, 0.25) is 0 Å². The molecule has 1 saturated heterocycles. The predicted molar refractivity (Wildman–Crippen MR) is 118 cm³/mol. The van der Waals surface area contributed by atoms with Crippen LogP contribution in [0.25, 0.3) is 10.9 Å². The van der Waals surface area contributed by atoms with Crippen LogP contribution in [-0.4, -0.2) is 33.2 Å². The topological polar surface area (TPSA) is 68.6 Å². The number of rotatable bonds is 4. The molecule has 0 N–H and O–H groups in total. The van der Waals surface area contributed by atoms with Crippen molar-refractivity contribution in [1.82, 2.24) is 4.57 Å². The number of hydrogen-bond donors (Lipinski definition) is 0. The fraction of sp³-hybridized carbons (Fsp3) is 0.348. The molecule has 0 saturated carbocycles. The summed E-state index contributed by atoms with van der Waals surface area (Å²) in [5.41, 5.74) is 0.231. The molecule has 0 aliphatic carbocycles. The lowest BCUT2D eigenvalue weighted by Crippen LogP contribution is -2.35. The Bertz CT molecular complexity index is 1300. The molecule has 8 heteroatoms. The molecule has 4 rings (SSSR count). The van der Waals surface area contributed by atoms with Crippen molar-refractivity contribution in [3.63, 3.8) is 0 Å². The van der Waals surface area contributed by atoms with Gasteiger partial charge in [0.05, 0.1) is 28.6 Å². The Morgan fingerprint density at radius 1 is 1.16 bits per heavy atom. The largest absolute Gasteiger partial charge is 0.497 e. The lowest BCUT2D eigenvalue weighted by molar-refractivity contribution is 0.414. The van der Waals surface area contributed by atoms with Gasteiger partial charge in [0.2, 0.25) is 15.3 Å². The second kappa shape index (κ2) is 8.00. The van der Waals surface area contributed by atoms with E-state index in [0.717, 1.165) is 25.9 Å². The predicted octanol–water partition coefficient (Wildman–Crippen LogP) is 3.76. The van der Waals surface area contributed by atoms with Crippen LogP contribution in [0.3, 0.4) is 0 Å². The van der Waals surface area contributed by atoms with Gasteiger partial charge < -0.3 is 14.2 Å². The highest BCUT2D eigenvalue weighted by molar-refractivity contribution is 7.91. The summed E-state index contributed by atoms with van der Waals surface area (Å²) in [4.78, 5) is 14.7. The fourth-order valence-electron chi connectivity index (χ4n) is 4.19. The van der Waals surface area contributed by atoms with Crippen molar-refractivity contribution in [3.05, 3.63) is 58.6 Å². The molecule has 1 aliphatic heterocycles. The minimum Gasteiger partial charge on any atom is -0.497 e. The average molecular weight is 445 g/mol. The number of ether oxygens (including phenoxy) is 1. The molecule has 1 aliphatic rings. The van der Waals surface area contributed by atoms with Crippen molar-refractivity contribution in [3.8, 4) is 5.75 Å². The fourth-order valence-corrected chi connectivity index (χ4v) is 5.58. The standard InChI is InChI=1S/C23H25FN2O4S/c1-15-5-4-10-26(13-15)21-12-20-18(11-19(21)24)23(27)22(14-25(20)2)31(28,29)17-8-6-16(30-3)7-9-17/h6-9,11-12,14-15H,4-5,10,13H2,1-3H3. The molecule has 0 radical (unpaired) electrons. The maximum atomic E-state index is 15.0. The maximum Gasteiger partial charge on any atom is 0.211 e. The van der Waals surface area contributed by atoms with Crippen LogP contribution < -0.4 is 15.1 Å². The van der Waals surface area contributed by atoms with Crippen LogP contribution in [0.5, 0.6) is 5.75 Å². The highest BCUT2D eigenvalue weighted by atomic mass is 32.2. The Kier molecular flexibility index (Phi) is 5.51. The summed E-state index contributed by atoms with van der Waals surface area (Å²) in [6.07, 6.45) is 3.40. The number of sulfone groups is 1. The van der Waals surface area contributed by atoms with Crippen LogP contribution in [0.15, 0.2) is 57.2 Å². The molecular weight excluding hydrogens is 419 g/mol. The van der Waals surface area contributed by atoms with Crippen molar-refractivity contribution in [2.24, 2.45) is 13.0 Å². The third kappa shape index (κ3) is 3.80. The number of aryl methyl sites for hydroxylation is 1. The molecule has 31 heavy (non-hydrogen) atoms. The second-order valence-electron chi connectivity index (χ2n) is 8.13. The maximum absolute atomic E-state index is 15.0. The Labute approximate surface area is 180 Å². The van der Waals surface area contributed by atoms with E-state index in [0.29, 0.717) is 22.9 Å². The number of fused-ring (bicyclic) bond motifs is 1. The molecular formula is C23H25FN2O4S. The number of pyridine rings is 1. The van der Waals surface area contributed by atoms with E-state index in [1.165, 1.54) is 43.6 Å². The Morgan fingerprint density at radius 3 is 2.52 bits per heavy atom. The molecule has 1 fully saturated rings. The summed E-state index contributed by atoms with van der Waals surface area (Å²) in [7, 11) is -0.937. The first-order valence-corrected chi connectivity index (χ1v) is 11.7. The summed E-state index contributed by atoms with van der Waals surface area (Å²) in [6.45, 7) is 3.64. The molecule has 1 unspecified atom stereocenters. The normalized spacial score (nSPS) is 17.2. The summed E-state index contributed by atoms with van der Waals surface area (Å²) in [5, 5.41) is 0.0448. The van der Waals surface area contributed by atoms with Gasteiger partial charge in [-0.25, -0.2) is 12.8 Å². The van der Waals surface area contributed by atoms with Crippen LogP contribution in [0.1, 0.15) is 19.8 Å². The van der Waals surface area contributed by atoms with Crippen molar-refractivity contribution in [1.29, 1.82) is 0 Å². The lowest BCUT2D eigenvalue weighted by Gasteiger charge is -2.33. The molecule has 2 heterocycles. The van der Waals surface area contributed by atoms with Crippen molar-refractivity contribution < 1.29 is 17.5 Å². The molecule has 1 atom stereocenters. The second-order valence-corrected chi connectivity index (χ2v) is 10.0. The number of halogens is 1. The molecule has 3 aromatic rings. The number of aromatic nitrogens is 1. The van der Waals surface area contributed by atoms with Crippen LogP contribution >= 0.6 is 0 Å². The number of benzene rings is 2. The van der Waals surface area contributed by atoms with E-state index in [2.05, 4.69) is 6.92 Å². The molecule has 2 aromatic carbocycles. The average Bonchev–Trinajstić information content (AvgIpc) is 2.75. The van der Waals surface area contributed by atoms with Gasteiger partial charge in [0.1, 0.15) is 16.5 Å². The van der Waals surface area contributed by atoms with Crippen LogP contribution in [-0.2, 0) is 16.9 Å². The first-order valence-electron chi connectivity index (χ1n) is 10.2. The zero-order valence-electron chi connectivity index (χ0n) is 17.8. The molecule has 0 spiro atoms. The third-order valence-corrected chi connectivity index (χ3v) is 7.64. The van der Waals surface area contributed by atoms with Gasteiger partial charge in [-0.15, -0.1) is 0 Å². The van der Waals surface area contributed by atoms with E-state index in [-0.39, 0.29) is 15.2 Å². The zero-order valence-corrected chi connectivity index (χ0v) is 18.6. The first-order chi connectivity index (χ1) is 14.7. The zero-order chi connectivity index (χ0) is 22.3. The van der Waals surface area contributed by atoms with Gasteiger partial charge in [0.25, 0.3) is 0 Å². The Hall–Kier alpha value is -2.87. The first kappa shape index (κ1) is 21.4. The van der Waals surface area contributed by atoms with Crippen molar-refractivity contribution in [2.75, 3.05) is 25.1 Å². The Morgan fingerprint density at radius 2 is 1.87 bits per heavy atom. The number of nitrogens with zero attached hydrogens (tertiary/aromatic N) is 2. The summed E-state index contributed by atoms with van der Waals surface area (Å²) < 4.78 is 47.9. The molecule has 164 valence electrons. The number of anilines is 1. The van der Waals surface area contributed by atoms with Crippen molar-refractivity contribution in [2.45, 2.75) is 29.6 Å². The van der Waals surface area contributed by atoms with Gasteiger partial charge in [-0.1, -0.05) is 6.92 Å². The van der Waals surface area contributed by atoms with Gasteiger partial charge in [-0.05, 0) is 55.2 Å². The Balaban J connectivity index is 1.85.